The highest BCUT2D eigenvalue weighted by Gasteiger charge is 2.30. The van der Waals surface area contributed by atoms with Gasteiger partial charge in [-0.15, -0.1) is 0 Å². The zero-order valence-electron chi connectivity index (χ0n) is 23.7. The Balaban J connectivity index is 1.75. The number of rotatable bonds is 13. The van der Waals surface area contributed by atoms with Crippen LogP contribution in [-0.2, 0) is 26.2 Å². The lowest BCUT2D eigenvalue weighted by molar-refractivity contribution is -0.141. The number of nitrogens with one attached hydrogen (secondary N) is 1. The van der Waals surface area contributed by atoms with E-state index in [1.807, 2.05) is 38.1 Å². The molecule has 1 saturated carbocycles. The molecule has 2 aromatic carbocycles. The van der Waals surface area contributed by atoms with Gasteiger partial charge in [-0.05, 0) is 62.4 Å². The molecule has 0 aromatic heterocycles. The molecule has 3 rings (SSSR count). The van der Waals surface area contributed by atoms with Crippen molar-refractivity contribution in [2.75, 3.05) is 24.2 Å². The summed E-state index contributed by atoms with van der Waals surface area (Å²) in [5.74, 6) is 0.359. The number of hydrogen-bond acceptors (Lipinski definition) is 5. The molecule has 0 aliphatic heterocycles. The van der Waals surface area contributed by atoms with Crippen LogP contribution in [0.5, 0.6) is 5.75 Å². The first-order valence-corrected chi connectivity index (χ1v) is 15.7. The van der Waals surface area contributed by atoms with Crippen LogP contribution in [0.2, 0.25) is 0 Å². The minimum absolute atomic E-state index is 0.110. The third kappa shape index (κ3) is 8.98. The summed E-state index contributed by atoms with van der Waals surface area (Å²) < 4.78 is 31.6. The summed E-state index contributed by atoms with van der Waals surface area (Å²) in [5.41, 5.74) is 2.56. The van der Waals surface area contributed by atoms with Gasteiger partial charge in [-0.3, -0.25) is 13.9 Å². The van der Waals surface area contributed by atoms with Crippen molar-refractivity contribution in [1.29, 1.82) is 0 Å². The number of carbonyl (C=O) groups is 2. The number of sulfonamides is 1. The van der Waals surface area contributed by atoms with Crippen molar-refractivity contribution in [3.8, 4) is 5.75 Å². The number of methoxy groups -OCH3 is 1. The smallest absolute Gasteiger partial charge is 0.243 e. The van der Waals surface area contributed by atoms with Gasteiger partial charge >= 0.3 is 0 Å². The van der Waals surface area contributed by atoms with Gasteiger partial charge in [-0.25, -0.2) is 8.42 Å². The summed E-state index contributed by atoms with van der Waals surface area (Å²) in [4.78, 5) is 28.7. The molecule has 214 valence electrons. The van der Waals surface area contributed by atoms with Crippen molar-refractivity contribution in [1.82, 2.24) is 10.2 Å². The maximum Gasteiger partial charge on any atom is 0.243 e. The van der Waals surface area contributed by atoms with Crippen LogP contribution in [0.4, 0.5) is 5.69 Å². The van der Waals surface area contributed by atoms with E-state index in [4.69, 9.17) is 4.74 Å². The lowest BCUT2D eigenvalue weighted by Gasteiger charge is -2.33. The first kappa shape index (κ1) is 30.5. The highest BCUT2D eigenvalue weighted by molar-refractivity contribution is 7.92. The number of anilines is 1. The van der Waals surface area contributed by atoms with Crippen LogP contribution in [-0.4, -0.2) is 57.1 Å². The van der Waals surface area contributed by atoms with Crippen LogP contribution in [0.25, 0.3) is 0 Å². The summed E-state index contributed by atoms with van der Waals surface area (Å²) in [5, 5.41) is 3.20. The van der Waals surface area contributed by atoms with Crippen molar-refractivity contribution in [3.05, 3.63) is 59.7 Å². The molecule has 0 heterocycles. The molecule has 1 atom stereocenters. The number of amides is 2. The van der Waals surface area contributed by atoms with E-state index in [1.165, 1.54) is 10.7 Å². The molecule has 1 aliphatic carbocycles. The predicted octanol–water partition coefficient (Wildman–Crippen LogP) is 4.81. The lowest BCUT2D eigenvalue weighted by atomic mass is 9.95. The van der Waals surface area contributed by atoms with E-state index >= 15 is 0 Å². The van der Waals surface area contributed by atoms with Gasteiger partial charge in [-0.2, -0.15) is 0 Å². The predicted molar refractivity (Wildman–Crippen MR) is 155 cm³/mol. The average molecular weight is 558 g/mol. The van der Waals surface area contributed by atoms with E-state index in [9.17, 15) is 18.0 Å². The van der Waals surface area contributed by atoms with E-state index in [2.05, 4.69) is 5.32 Å². The quantitative estimate of drug-likeness (QED) is 0.382. The van der Waals surface area contributed by atoms with Gasteiger partial charge in [0.05, 0.1) is 19.1 Å². The Kier molecular flexibility index (Phi) is 11.2. The van der Waals surface area contributed by atoms with Crippen molar-refractivity contribution in [2.24, 2.45) is 0 Å². The van der Waals surface area contributed by atoms with E-state index in [1.54, 1.807) is 36.3 Å². The largest absolute Gasteiger partial charge is 0.497 e. The molecule has 1 N–H and O–H groups in total. The summed E-state index contributed by atoms with van der Waals surface area (Å²) >= 11 is 0. The summed E-state index contributed by atoms with van der Waals surface area (Å²) in [6, 6.07) is 14.3. The van der Waals surface area contributed by atoms with E-state index in [-0.39, 0.29) is 30.8 Å². The second kappa shape index (κ2) is 14.4. The molecular weight excluding hydrogens is 514 g/mol. The van der Waals surface area contributed by atoms with Gasteiger partial charge in [0.15, 0.2) is 0 Å². The number of hydrogen-bond donors (Lipinski definition) is 1. The topological polar surface area (TPSA) is 96.0 Å². The lowest BCUT2D eigenvalue weighted by Crippen LogP contribution is -2.51. The van der Waals surface area contributed by atoms with Crippen LogP contribution >= 0.6 is 0 Å². The fourth-order valence-corrected chi connectivity index (χ4v) is 6.19. The SMILES string of the molecule is CCC(C(=O)NC1CCCCC1)N(Cc1cccc(C)c1)C(=O)CCCN(c1ccc(OC)cc1)S(C)(=O)=O. The average Bonchev–Trinajstić information content (AvgIpc) is 2.91. The Hall–Kier alpha value is -3.07. The first-order valence-electron chi connectivity index (χ1n) is 13.9. The van der Waals surface area contributed by atoms with Crippen LogP contribution in [0.15, 0.2) is 48.5 Å². The monoisotopic (exact) mass is 557 g/mol. The number of benzene rings is 2. The van der Waals surface area contributed by atoms with Gasteiger partial charge in [0.25, 0.3) is 0 Å². The number of carbonyl (C=O) groups excluding carboxylic acids is 2. The summed E-state index contributed by atoms with van der Waals surface area (Å²) in [6.07, 6.45) is 7.47. The Morgan fingerprint density at radius 2 is 1.77 bits per heavy atom. The molecule has 2 aromatic rings. The van der Waals surface area contributed by atoms with Crippen molar-refractivity contribution in [2.45, 2.75) is 83.8 Å². The minimum atomic E-state index is -3.56. The molecule has 0 bridgehead atoms. The zero-order chi connectivity index (χ0) is 28.4. The molecule has 0 radical (unpaired) electrons. The van der Waals surface area contributed by atoms with E-state index in [0.717, 1.165) is 43.1 Å². The van der Waals surface area contributed by atoms with Crippen LogP contribution in [0, 0.1) is 6.92 Å². The Labute approximate surface area is 233 Å². The van der Waals surface area contributed by atoms with Gasteiger partial charge in [-0.1, -0.05) is 56.0 Å². The molecule has 0 spiro atoms. The van der Waals surface area contributed by atoms with Crippen molar-refractivity contribution < 1.29 is 22.7 Å². The summed E-state index contributed by atoms with van der Waals surface area (Å²) in [7, 11) is -2.00. The third-order valence-electron chi connectivity index (χ3n) is 7.29. The minimum Gasteiger partial charge on any atom is -0.497 e. The molecule has 1 aliphatic rings. The van der Waals surface area contributed by atoms with Gasteiger partial charge in [0, 0.05) is 25.6 Å². The fraction of sp³-hybridized carbons (Fsp3) is 0.533. The molecular formula is C30H43N3O5S. The zero-order valence-corrected chi connectivity index (χ0v) is 24.5. The van der Waals surface area contributed by atoms with Crippen LogP contribution in [0.3, 0.4) is 0 Å². The molecule has 1 unspecified atom stereocenters. The van der Waals surface area contributed by atoms with Crippen LogP contribution in [0.1, 0.15) is 69.4 Å². The maximum atomic E-state index is 13.6. The number of aryl methyl sites for hydroxylation is 1. The first-order chi connectivity index (χ1) is 18.6. The van der Waals surface area contributed by atoms with Gasteiger partial charge < -0.3 is 15.0 Å². The van der Waals surface area contributed by atoms with Gasteiger partial charge in [0.2, 0.25) is 21.8 Å². The Morgan fingerprint density at radius 1 is 1.08 bits per heavy atom. The third-order valence-corrected chi connectivity index (χ3v) is 8.48. The van der Waals surface area contributed by atoms with E-state index < -0.39 is 16.1 Å². The van der Waals surface area contributed by atoms with Crippen molar-refractivity contribution in [3.63, 3.8) is 0 Å². The standard InChI is InChI=1S/C30H43N3O5S/c1-5-28(30(35)31-25-13-7-6-8-14-25)32(22-24-12-9-11-23(2)21-24)29(34)15-10-20-33(39(4,36)37)26-16-18-27(38-3)19-17-26/h9,11-12,16-19,21,25,28H,5-8,10,13-15,20,22H2,1-4H3,(H,31,35). The normalized spacial score (nSPS) is 14.9. The Morgan fingerprint density at radius 3 is 2.36 bits per heavy atom. The van der Waals surface area contributed by atoms with Crippen LogP contribution < -0.4 is 14.4 Å². The highest BCUT2D eigenvalue weighted by atomic mass is 32.2. The second-order valence-electron chi connectivity index (χ2n) is 10.4. The number of ether oxygens (including phenoxy) is 1. The number of nitrogens with zero attached hydrogens (tertiary/aromatic N) is 2. The molecule has 0 saturated heterocycles. The van der Waals surface area contributed by atoms with Gasteiger partial charge in [0.1, 0.15) is 11.8 Å². The van der Waals surface area contributed by atoms with Crippen molar-refractivity contribution >= 4 is 27.5 Å². The fourth-order valence-electron chi connectivity index (χ4n) is 5.22. The Bertz CT molecular complexity index is 1190. The molecule has 2 amide bonds. The maximum absolute atomic E-state index is 13.6. The molecule has 39 heavy (non-hydrogen) atoms. The summed E-state index contributed by atoms with van der Waals surface area (Å²) in [6.45, 7) is 4.41. The molecule has 1 fully saturated rings. The molecule has 9 heteroatoms. The molecule has 8 nitrogen and oxygen atoms in total. The highest BCUT2D eigenvalue weighted by Crippen LogP contribution is 2.23. The van der Waals surface area contributed by atoms with E-state index in [0.29, 0.717) is 30.8 Å². The second-order valence-corrected chi connectivity index (χ2v) is 12.3.